The van der Waals surface area contributed by atoms with Gasteiger partial charge < -0.3 is 14.8 Å². The molecule has 0 saturated carbocycles. The molecule has 0 radical (unpaired) electrons. The Morgan fingerprint density at radius 3 is 2.82 bits per heavy atom. The molecule has 146 valence electrons. The van der Waals surface area contributed by atoms with Crippen molar-refractivity contribution in [3.63, 3.8) is 0 Å². The number of methoxy groups -OCH3 is 1. The average Bonchev–Trinajstić information content (AvgIpc) is 2.69. The molecule has 0 aliphatic heterocycles. The molecule has 3 aromatic rings. The molecule has 28 heavy (non-hydrogen) atoms. The van der Waals surface area contributed by atoms with Gasteiger partial charge in [0.05, 0.1) is 13.0 Å². The van der Waals surface area contributed by atoms with Crippen LogP contribution in [0, 0.1) is 0 Å². The number of nitrogens with two attached hydrogens (primary N) is 1. The zero-order chi connectivity index (χ0) is 19.9. The first-order chi connectivity index (χ1) is 13.6. The molecule has 1 aromatic heterocycles. The van der Waals surface area contributed by atoms with Gasteiger partial charge in [0.25, 0.3) is 0 Å². The molecular formula is C20H20ClN3O3S. The van der Waals surface area contributed by atoms with E-state index in [1.165, 1.54) is 0 Å². The van der Waals surface area contributed by atoms with E-state index in [1.54, 1.807) is 19.4 Å². The maximum atomic E-state index is 12.4. The van der Waals surface area contributed by atoms with Crippen LogP contribution < -0.4 is 15.2 Å². The van der Waals surface area contributed by atoms with Gasteiger partial charge in [-0.2, -0.15) is 0 Å². The third-order valence-corrected chi connectivity index (χ3v) is 4.99. The number of hydrogen-bond acceptors (Lipinski definition) is 6. The van der Waals surface area contributed by atoms with E-state index in [-0.39, 0.29) is 12.3 Å². The number of carbonyl (C=O) groups excluding carboxylic acids is 1. The lowest BCUT2D eigenvalue weighted by atomic mass is 10.1. The molecule has 6 nitrogen and oxygen atoms in total. The van der Waals surface area contributed by atoms with E-state index in [2.05, 4.69) is 10.3 Å². The zero-order valence-electron chi connectivity index (χ0n) is 15.3. The predicted octanol–water partition coefficient (Wildman–Crippen LogP) is 4.06. The number of anilines is 1. The lowest BCUT2D eigenvalue weighted by Gasteiger charge is -2.12. The number of amides is 1. The quantitative estimate of drug-likeness (QED) is 0.424. The zero-order valence-corrected chi connectivity index (χ0v) is 16.8. The number of halogens is 1. The SMILES string of the molecule is COCCOc1cc2c(SN)cc(NC(=O)Cc3ccccc3Cl)cc2cn1. The Hall–Kier alpha value is -2.32. The summed E-state index contributed by atoms with van der Waals surface area (Å²) in [6.45, 7) is 0.894. The fourth-order valence-corrected chi connectivity index (χ4v) is 3.40. The van der Waals surface area contributed by atoms with Crippen molar-refractivity contribution in [3.8, 4) is 5.88 Å². The van der Waals surface area contributed by atoms with Crippen LogP contribution >= 0.6 is 23.5 Å². The van der Waals surface area contributed by atoms with Crippen molar-refractivity contribution in [1.29, 1.82) is 0 Å². The number of carbonyl (C=O) groups is 1. The molecule has 0 bridgehead atoms. The number of rotatable bonds is 8. The second-order valence-corrected chi connectivity index (χ2v) is 7.08. The van der Waals surface area contributed by atoms with E-state index >= 15 is 0 Å². The van der Waals surface area contributed by atoms with E-state index in [0.29, 0.717) is 29.8 Å². The van der Waals surface area contributed by atoms with Crippen LogP contribution in [0.5, 0.6) is 5.88 Å². The minimum absolute atomic E-state index is 0.159. The number of pyridine rings is 1. The topological polar surface area (TPSA) is 86.5 Å². The third-order valence-electron chi connectivity index (χ3n) is 4.03. The lowest BCUT2D eigenvalue weighted by Crippen LogP contribution is -2.14. The maximum absolute atomic E-state index is 12.4. The van der Waals surface area contributed by atoms with E-state index in [9.17, 15) is 4.79 Å². The summed E-state index contributed by atoms with van der Waals surface area (Å²) in [6.07, 6.45) is 1.88. The van der Waals surface area contributed by atoms with Crippen molar-refractivity contribution in [1.82, 2.24) is 4.98 Å². The van der Waals surface area contributed by atoms with E-state index in [4.69, 9.17) is 26.2 Å². The van der Waals surface area contributed by atoms with Crippen molar-refractivity contribution in [2.75, 3.05) is 25.6 Å². The molecule has 0 aliphatic carbocycles. The number of nitrogens with zero attached hydrogens (tertiary/aromatic N) is 1. The summed E-state index contributed by atoms with van der Waals surface area (Å²) in [5.74, 6) is 0.336. The molecule has 0 aliphatic rings. The molecule has 0 fully saturated rings. The van der Waals surface area contributed by atoms with Gasteiger partial charge in [-0.05, 0) is 35.7 Å². The van der Waals surface area contributed by atoms with Crippen LogP contribution in [-0.4, -0.2) is 31.2 Å². The Labute approximate surface area is 172 Å². The molecule has 1 amide bonds. The Morgan fingerprint density at radius 1 is 1.25 bits per heavy atom. The van der Waals surface area contributed by atoms with Crippen LogP contribution in [0.4, 0.5) is 5.69 Å². The second kappa shape index (κ2) is 9.75. The highest BCUT2D eigenvalue weighted by Crippen LogP contribution is 2.31. The Morgan fingerprint density at radius 2 is 2.07 bits per heavy atom. The molecule has 3 rings (SSSR count). The van der Waals surface area contributed by atoms with Gasteiger partial charge in [0.1, 0.15) is 6.61 Å². The molecule has 1 heterocycles. The van der Waals surface area contributed by atoms with Gasteiger partial charge in [-0.1, -0.05) is 29.8 Å². The summed E-state index contributed by atoms with van der Waals surface area (Å²) in [4.78, 5) is 17.5. The van der Waals surface area contributed by atoms with Crippen molar-refractivity contribution in [2.45, 2.75) is 11.3 Å². The lowest BCUT2D eigenvalue weighted by molar-refractivity contribution is -0.115. The first-order valence-corrected chi connectivity index (χ1v) is 9.82. The highest BCUT2D eigenvalue weighted by atomic mass is 35.5. The Balaban J connectivity index is 1.79. The largest absolute Gasteiger partial charge is 0.475 e. The number of ether oxygens (including phenoxy) is 2. The fraction of sp³-hybridized carbons (Fsp3) is 0.200. The van der Waals surface area contributed by atoms with Crippen molar-refractivity contribution in [3.05, 3.63) is 59.2 Å². The summed E-state index contributed by atoms with van der Waals surface area (Å²) >= 11 is 7.23. The predicted molar refractivity (Wildman–Crippen MR) is 113 cm³/mol. The van der Waals surface area contributed by atoms with Gasteiger partial charge >= 0.3 is 0 Å². The normalized spacial score (nSPS) is 10.8. The monoisotopic (exact) mass is 417 g/mol. The molecular weight excluding hydrogens is 398 g/mol. The smallest absolute Gasteiger partial charge is 0.228 e. The molecule has 2 aromatic carbocycles. The van der Waals surface area contributed by atoms with Crippen LogP contribution in [0.2, 0.25) is 5.02 Å². The third kappa shape index (κ3) is 5.14. The minimum Gasteiger partial charge on any atom is -0.475 e. The molecule has 0 atom stereocenters. The summed E-state index contributed by atoms with van der Waals surface area (Å²) in [5.41, 5.74) is 1.42. The molecule has 8 heteroatoms. The van der Waals surface area contributed by atoms with E-state index < -0.39 is 0 Å². The number of aromatic nitrogens is 1. The minimum atomic E-state index is -0.159. The number of fused-ring (bicyclic) bond motifs is 1. The fourth-order valence-electron chi connectivity index (χ4n) is 2.70. The number of hydrogen-bond donors (Lipinski definition) is 2. The second-order valence-electron chi connectivity index (χ2n) is 5.99. The summed E-state index contributed by atoms with van der Waals surface area (Å²) in [5, 5.41) is 11.1. The first kappa shape index (κ1) is 20.4. The van der Waals surface area contributed by atoms with Crippen LogP contribution in [0.3, 0.4) is 0 Å². The van der Waals surface area contributed by atoms with Gasteiger partial charge in [-0.25, -0.2) is 4.98 Å². The molecule has 3 N–H and O–H groups in total. The van der Waals surface area contributed by atoms with Gasteiger partial charge in [-0.3, -0.25) is 9.93 Å². The van der Waals surface area contributed by atoms with Crippen molar-refractivity contribution in [2.24, 2.45) is 5.14 Å². The number of benzene rings is 2. The van der Waals surface area contributed by atoms with Crippen LogP contribution in [-0.2, 0) is 16.0 Å². The van der Waals surface area contributed by atoms with Crippen LogP contribution in [0.1, 0.15) is 5.56 Å². The average molecular weight is 418 g/mol. The Kier molecular flexibility index (Phi) is 7.11. The number of nitrogens with one attached hydrogen (secondary N) is 1. The summed E-state index contributed by atoms with van der Waals surface area (Å²) in [6, 6.07) is 12.8. The first-order valence-electron chi connectivity index (χ1n) is 8.56. The highest BCUT2D eigenvalue weighted by molar-refractivity contribution is 7.97. The summed E-state index contributed by atoms with van der Waals surface area (Å²) < 4.78 is 10.5. The molecule has 0 saturated heterocycles. The van der Waals surface area contributed by atoms with Crippen LogP contribution in [0.25, 0.3) is 10.8 Å². The van der Waals surface area contributed by atoms with E-state index in [1.807, 2.05) is 36.4 Å². The van der Waals surface area contributed by atoms with Gasteiger partial charge in [0.2, 0.25) is 11.8 Å². The van der Waals surface area contributed by atoms with Crippen molar-refractivity contribution < 1.29 is 14.3 Å². The highest BCUT2D eigenvalue weighted by Gasteiger charge is 2.11. The van der Waals surface area contributed by atoms with Gasteiger partial charge in [-0.15, -0.1) is 0 Å². The van der Waals surface area contributed by atoms with E-state index in [0.717, 1.165) is 33.2 Å². The molecule has 0 spiro atoms. The maximum Gasteiger partial charge on any atom is 0.228 e. The van der Waals surface area contributed by atoms with Gasteiger partial charge in [0, 0.05) is 45.8 Å². The molecule has 0 unspecified atom stereocenters. The Bertz CT molecular complexity index is 984. The summed E-state index contributed by atoms with van der Waals surface area (Å²) in [7, 11) is 1.61. The van der Waals surface area contributed by atoms with Crippen molar-refractivity contribution >= 4 is 45.9 Å². The van der Waals surface area contributed by atoms with Crippen LogP contribution in [0.15, 0.2) is 53.6 Å². The standard InChI is InChI=1S/C20H20ClN3O3S/c1-26-6-7-27-20-11-16-14(12-23-20)8-15(10-18(16)28-22)24-19(25)9-13-4-2-3-5-17(13)21/h2-5,8,10-12H,6-7,9,22H2,1H3,(H,24,25). The van der Waals surface area contributed by atoms with Gasteiger partial charge in [0.15, 0.2) is 0 Å².